The second-order valence-corrected chi connectivity index (χ2v) is 9.45. The molecule has 0 aliphatic rings. The van der Waals surface area contributed by atoms with Gasteiger partial charge < -0.3 is 4.74 Å². The molecular formula is C24H34O. The molecule has 2 unspecified atom stereocenters. The Labute approximate surface area is 154 Å². The van der Waals surface area contributed by atoms with E-state index in [4.69, 9.17) is 4.74 Å². The highest BCUT2D eigenvalue weighted by molar-refractivity contribution is 5.27. The second kappa shape index (κ2) is 7.33. The largest absolute Gasteiger partial charge is 0.365 e. The maximum atomic E-state index is 6.83. The number of hydrogen-bond acceptors (Lipinski definition) is 1. The average molecular weight is 339 g/mol. The minimum atomic E-state index is 0.0173. The maximum Gasteiger partial charge on any atom is 0.0881 e. The summed E-state index contributed by atoms with van der Waals surface area (Å²) in [5, 5.41) is 0. The SMILES string of the molecule is Cc1ccc(C(OC(c2ccc(C)cc2)C(C)(C)C)C(C)(C)C)cc1. The highest BCUT2D eigenvalue weighted by atomic mass is 16.5. The Bertz CT molecular complexity index is 605. The summed E-state index contributed by atoms with van der Waals surface area (Å²) < 4.78 is 6.83. The molecule has 0 saturated carbocycles. The molecule has 0 aromatic heterocycles. The van der Waals surface area contributed by atoms with Crippen molar-refractivity contribution in [2.75, 3.05) is 0 Å². The first-order chi connectivity index (χ1) is 11.5. The van der Waals surface area contributed by atoms with Crippen LogP contribution < -0.4 is 0 Å². The fourth-order valence-electron chi connectivity index (χ4n) is 3.18. The smallest absolute Gasteiger partial charge is 0.0881 e. The van der Waals surface area contributed by atoms with Crippen molar-refractivity contribution in [3.8, 4) is 0 Å². The van der Waals surface area contributed by atoms with Crippen molar-refractivity contribution in [3.63, 3.8) is 0 Å². The zero-order valence-electron chi connectivity index (χ0n) is 17.2. The van der Waals surface area contributed by atoms with Gasteiger partial charge in [0.1, 0.15) is 0 Å². The average Bonchev–Trinajstić information content (AvgIpc) is 2.48. The molecule has 0 saturated heterocycles. The van der Waals surface area contributed by atoms with Gasteiger partial charge in [0.2, 0.25) is 0 Å². The molecule has 2 aromatic rings. The third-order valence-corrected chi connectivity index (χ3v) is 4.61. The van der Waals surface area contributed by atoms with Gasteiger partial charge in [-0.05, 0) is 35.8 Å². The van der Waals surface area contributed by atoms with Crippen LogP contribution in [0.5, 0.6) is 0 Å². The lowest BCUT2D eigenvalue weighted by atomic mass is 9.81. The van der Waals surface area contributed by atoms with E-state index >= 15 is 0 Å². The Balaban J connectivity index is 2.42. The van der Waals surface area contributed by atoms with Gasteiger partial charge in [0.05, 0.1) is 12.2 Å². The van der Waals surface area contributed by atoms with Gasteiger partial charge in [-0.3, -0.25) is 0 Å². The van der Waals surface area contributed by atoms with Crippen LogP contribution in [0.25, 0.3) is 0 Å². The summed E-state index contributed by atoms with van der Waals surface area (Å²) in [7, 11) is 0. The van der Waals surface area contributed by atoms with Crippen molar-refractivity contribution in [2.24, 2.45) is 10.8 Å². The zero-order chi connectivity index (χ0) is 18.8. The van der Waals surface area contributed by atoms with Gasteiger partial charge >= 0.3 is 0 Å². The molecule has 2 rings (SSSR count). The maximum absolute atomic E-state index is 6.83. The van der Waals surface area contributed by atoms with Crippen LogP contribution in [0.15, 0.2) is 48.5 Å². The van der Waals surface area contributed by atoms with Crippen LogP contribution in [0.3, 0.4) is 0 Å². The third kappa shape index (κ3) is 5.19. The van der Waals surface area contributed by atoms with Gasteiger partial charge in [0.25, 0.3) is 0 Å². The first-order valence-corrected chi connectivity index (χ1v) is 9.27. The Kier molecular flexibility index (Phi) is 5.79. The lowest BCUT2D eigenvalue weighted by Crippen LogP contribution is -2.29. The van der Waals surface area contributed by atoms with Crippen LogP contribution in [0.1, 0.15) is 76.0 Å². The Morgan fingerprint density at radius 3 is 1.08 bits per heavy atom. The number of rotatable bonds is 4. The number of hydrogen-bond donors (Lipinski definition) is 0. The van der Waals surface area contributed by atoms with E-state index in [-0.39, 0.29) is 23.0 Å². The van der Waals surface area contributed by atoms with Gasteiger partial charge in [0.15, 0.2) is 0 Å². The predicted octanol–water partition coefficient (Wildman–Crippen LogP) is 7.19. The molecule has 2 aromatic carbocycles. The fraction of sp³-hybridized carbons (Fsp3) is 0.500. The first kappa shape index (κ1) is 19.7. The van der Waals surface area contributed by atoms with Crippen LogP contribution in [0, 0.1) is 24.7 Å². The van der Waals surface area contributed by atoms with E-state index in [0.29, 0.717) is 0 Å². The van der Waals surface area contributed by atoms with Crippen LogP contribution in [0.4, 0.5) is 0 Å². The number of ether oxygens (including phenoxy) is 1. The molecule has 0 fully saturated rings. The number of benzene rings is 2. The molecule has 1 nitrogen and oxygen atoms in total. The molecule has 2 atom stereocenters. The van der Waals surface area contributed by atoms with Crippen molar-refractivity contribution >= 4 is 0 Å². The van der Waals surface area contributed by atoms with Crippen LogP contribution in [-0.2, 0) is 4.74 Å². The van der Waals surface area contributed by atoms with Gasteiger partial charge in [-0.2, -0.15) is 0 Å². The molecule has 0 aliphatic heterocycles. The molecule has 0 N–H and O–H groups in total. The normalized spacial score (nSPS) is 15.0. The summed E-state index contributed by atoms with van der Waals surface area (Å²) in [6.07, 6.45) is 0.0808. The monoisotopic (exact) mass is 338 g/mol. The standard InChI is InChI=1S/C24H34O/c1-17-9-13-19(14-10-17)21(23(3,4)5)25-22(24(6,7)8)20-15-11-18(2)12-16-20/h9-16,21-22H,1-8H3. The predicted molar refractivity (Wildman–Crippen MR) is 108 cm³/mol. The molecule has 0 heterocycles. The summed E-state index contributed by atoms with van der Waals surface area (Å²) in [6, 6.07) is 17.5. The minimum Gasteiger partial charge on any atom is -0.365 e. The Morgan fingerprint density at radius 2 is 0.840 bits per heavy atom. The fourth-order valence-corrected chi connectivity index (χ4v) is 3.18. The molecule has 25 heavy (non-hydrogen) atoms. The van der Waals surface area contributed by atoms with Crippen molar-refractivity contribution < 1.29 is 4.74 Å². The summed E-state index contributed by atoms with van der Waals surface area (Å²) in [6.45, 7) is 17.8. The van der Waals surface area contributed by atoms with Crippen LogP contribution >= 0.6 is 0 Å². The second-order valence-electron chi connectivity index (χ2n) is 9.45. The minimum absolute atomic E-state index is 0.0173. The third-order valence-electron chi connectivity index (χ3n) is 4.61. The summed E-state index contributed by atoms with van der Waals surface area (Å²) in [5.41, 5.74) is 5.09. The molecule has 0 spiro atoms. The molecule has 0 amide bonds. The Morgan fingerprint density at radius 1 is 0.560 bits per heavy atom. The molecule has 136 valence electrons. The first-order valence-electron chi connectivity index (χ1n) is 9.27. The quantitative estimate of drug-likeness (QED) is 0.573. The molecule has 0 aliphatic carbocycles. The van der Waals surface area contributed by atoms with Gasteiger partial charge in [-0.1, -0.05) is 101 Å². The van der Waals surface area contributed by atoms with E-state index in [2.05, 4.69) is 104 Å². The van der Waals surface area contributed by atoms with E-state index < -0.39 is 0 Å². The van der Waals surface area contributed by atoms with Crippen LogP contribution in [0.2, 0.25) is 0 Å². The topological polar surface area (TPSA) is 9.23 Å². The number of aryl methyl sites for hydroxylation is 2. The van der Waals surface area contributed by atoms with Crippen molar-refractivity contribution in [1.29, 1.82) is 0 Å². The van der Waals surface area contributed by atoms with E-state index in [1.807, 2.05) is 0 Å². The van der Waals surface area contributed by atoms with Gasteiger partial charge in [-0.25, -0.2) is 0 Å². The lowest BCUT2D eigenvalue weighted by molar-refractivity contribution is -0.112. The van der Waals surface area contributed by atoms with Crippen molar-refractivity contribution in [1.82, 2.24) is 0 Å². The van der Waals surface area contributed by atoms with E-state index in [0.717, 1.165) is 0 Å². The zero-order valence-corrected chi connectivity index (χ0v) is 17.2. The van der Waals surface area contributed by atoms with E-state index in [1.165, 1.54) is 22.3 Å². The van der Waals surface area contributed by atoms with Crippen molar-refractivity contribution in [3.05, 3.63) is 70.8 Å². The van der Waals surface area contributed by atoms with Crippen molar-refractivity contribution in [2.45, 2.75) is 67.6 Å². The Hall–Kier alpha value is -1.60. The molecule has 1 heteroatoms. The highest BCUT2D eigenvalue weighted by Gasteiger charge is 2.35. The molecular weight excluding hydrogens is 304 g/mol. The van der Waals surface area contributed by atoms with E-state index in [1.54, 1.807) is 0 Å². The van der Waals surface area contributed by atoms with Gasteiger partial charge in [0, 0.05) is 0 Å². The van der Waals surface area contributed by atoms with E-state index in [9.17, 15) is 0 Å². The summed E-state index contributed by atoms with van der Waals surface area (Å²) in [4.78, 5) is 0. The summed E-state index contributed by atoms with van der Waals surface area (Å²) >= 11 is 0. The molecule has 0 bridgehead atoms. The van der Waals surface area contributed by atoms with Crippen LogP contribution in [-0.4, -0.2) is 0 Å². The lowest BCUT2D eigenvalue weighted by Gasteiger charge is -2.39. The summed E-state index contributed by atoms with van der Waals surface area (Å²) in [5.74, 6) is 0. The molecule has 0 radical (unpaired) electrons. The highest BCUT2D eigenvalue weighted by Crippen LogP contribution is 2.45. The van der Waals surface area contributed by atoms with Gasteiger partial charge in [-0.15, -0.1) is 0 Å².